The number of carbonyl (C=O) groups excluding carboxylic acids is 1. The first-order chi connectivity index (χ1) is 14.3. The van der Waals surface area contributed by atoms with Gasteiger partial charge in [0.25, 0.3) is 11.8 Å². The van der Waals surface area contributed by atoms with Crippen molar-refractivity contribution in [1.29, 1.82) is 0 Å². The number of carbonyl (C=O) groups is 1. The minimum Gasteiger partial charge on any atom is -0.477 e. The first-order valence-corrected chi connectivity index (χ1v) is 10.9. The van der Waals surface area contributed by atoms with E-state index in [1.54, 1.807) is 0 Å². The molecule has 3 rings (SSSR count). The summed E-state index contributed by atoms with van der Waals surface area (Å²) in [5.41, 5.74) is -1.85. The van der Waals surface area contributed by atoms with Crippen LogP contribution >= 0.6 is 0 Å². The number of hydrogen-bond donors (Lipinski definition) is 1. The van der Waals surface area contributed by atoms with Crippen LogP contribution in [0, 0.1) is 5.92 Å². The number of alkyl halides is 5. The third-order valence-corrected chi connectivity index (χ3v) is 5.90. The number of aromatic nitrogens is 1. The van der Waals surface area contributed by atoms with Crippen molar-refractivity contribution in [2.45, 2.75) is 29.8 Å². The highest BCUT2D eigenvalue weighted by molar-refractivity contribution is 7.90. The minimum atomic E-state index is -4.81. The number of rotatable bonds is 6. The van der Waals surface area contributed by atoms with Gasteiger partial charge in [-0.3, -0.25) is 4.79 Å². The van der Waals surface area contributed by atoms with Gasteiger partial charge < -0.3 is 10.1 Å². The lowest BCUT2D eigenvalue weighted by molar-refractivity contribution is -0.143. The zero-order valence-corrected chi connectivity index (χ0v) is 16.9. The van der Waals surface area contributed by atoms with Gasteiger partial charge in [0.1, 0.15) is 5.56 Å². The molecule has 0 saturated heterocycles. The zero-order valence-electron chi connectivity index (χ0n) is 16.0. The van der Waals surface area contributed by atoms with Crippen LogP contribution in [0.3, 0.4) is 0 Å². The standard InChI is InChI=1S/C19H17F5N2O4S/c1-31(28,29)14-4-2-3-13(8-14)26-16(27)15-7-12(19(22,23)24)9-25-17(15)30-10-11-5-6-18(11,20)21/h2-4,7-9,11H,5-6,10H2,1H3,(H,26,27). The van der Waals surface area contributed by atoms with E-state index in [1.165, 1.54) is 18.2 Å². The highest BCUT2D eigenvalue weighted by Gasteiger charge is 2.48. The van der Waals surface area contributed by atoms with Crippen molar-refractivity contribution >= 4 is 21.4 Å². The van der Waals surface area contributed by atoms with E-state index in [-0.39, 0.29) is 23.4 Å². The van der Waals surface area contributed by atoms with Gasteiger partial charge in [0, 0.05) is 24.6 Å². The van der Waals surface area contributed by atoms with E-state index in [1.807, 2.05) is 0 Å². The molecule has 1 N–H and O–H groups in total. The predicted molar refractivity (Wildman–Crippen MR) is 99.9 cm³/mol. The molecule has 12 heteroatoms. The van der Waals surface area contributed by atoms with Crippen LogP contribution in [-0.2, 0) is 16.0 Å². The summed E-state index contributed by atoms with van der Waals surface area (Å²) in [6.45, 7) is -0.519. The van der Waals surface area contributed by atoms with Crippen LogP contribution in [0.15, 0.2) is 41.4 Å². The molecule has 2 aromatic rings. The van der Waals surface area contributed by atoms with Crippen LogP contribution in [0.4, 0.5) is 27.6 Å². The zero-order chi connectivity index (χ0) is 23.0. The van der Waals surface area contributed by atoms with Gasteiger partial charge in [-0.1, -0.05) is 6.07 Å². The molecule has 1 fully saturated rings. The Balaban J connectivity index is 1.88. The van der Waals surface area contributed by atoms with Crippen molar-refractivity contribution in [2.24, 2.45) is 5.92 Å². The minimum absolute atomic E-state index is 0.00168. The topological polar surface area (TPSA) is 85.4 Å². The maximum atomic E-state index is 13.4. The van der Waals surface area contributed by atoms with Gasteiger partial charge >= 0.3 is 6.18 Å². The van der Waals surface area contributed by atoms with Crippen molar-refractivity contribution in [2.75, 3.05) is 18.2 Å². The van der Waals surface area contributed by atoms with E-state index in [4.69, 9.17) is 4.74 Å². The summed E-state index contributed by atoms with van der Waals surface area (Å²) in [5, 5.41) is 2.28. The molecular formula is C19H17F5N2O4S. The first kappa shape index (κ1) is 22.9. The van der Waals surface area contributed by atoms with Gasteiger partial charge in [-0.05, 0) is 30.7 Å². The van der Waals surface area contributed by atoms with E-state index >= 15 is 0 Å². The molecule has 1 amide bonds. The van der Waals surface area contributed by atoms with Crippen LogP contribution in [0.25, 0.3) is 0 Å². The van der Waals surface area contributed by atoms with Crippen LogP contribution in [0.5, 0.6) is 5.88 Å². The normalized spacial score (nSPS) is 18.2. The molecule has 0 radical (unpaired) electrons. The second-order valence-electron chi connectivity index (χ2n) is 7.14. The number of nitrogens with one attached hydrogen (secondary N) is 1. The third kappa shape index (κ3) is 5.30. The molecule has 0 bridgehead atoms. The number of amides is 1. The Labute approximate surface area is 174 Å². The van der Waals surface area contributed by atoms with E-state index in [0.717, 1.165) is 12.3 Å². The Morgan fingerprint density at radius 3 is 2.55 bits per heavy atom. The summed E-state index contributed by atoms with van der Waals surface area (Å²) < 4.78 is 94.6. The number of pyridine rings is 1. The molecule has 1 aliphatic rings. The third-order valence-electron chi connectivity index (χ3n) is 4.79. The lowest BCUT2D eigenvalue weighted by atomic mass is 9.81. The largest absolute Gasteiger partial charge is 0.477 e. The van der Waals surface area contributed by atoms with Crippen molar-refractivity contribution < 1.29 is 39.9 Å². The van der Waals surface area contributed by atoms with Gasteiger partial charge in [0.05, 0.1) is 23.0 Å². The van der Waals surface area contributed by atoms with E-state index in [9.17, 15) is 35.2 Å². The van der Waals surface area contributed by atoms with Crippen molar-refractivity contribution in [3.05, 3.63) is 47.7 Å². The number of sulfone groups is 1. The molecule has 1 atom stereocenters. The van der Waals surface area contributed by atoms with Gasteiger partial charge in [-0.2, -0.15) is 13.2 Å². The highest BCUT2D eigenvalue weighted by Crippen LogP contribution is 2.43. The van der Waals surface area contributed by atoms with Gasteiger partial charge in [-0.25, -0.2) is 22.2 Å². The molecule has 1 aliphatic carbocycles. The Morgan fingerprint density at radius 1 is 1.29 bits per heavy atom. The summed E-state index contributed by atoms with van der Waals surface area (Å²) in [7, 11) is -3.59. The smallest absolute Gasteiger partial charge is 0.417 e. The SMILES string of the molecule is CS(=O)(=O)c1cccc(NC(=O)c2cc(C(F)(F)F)cnc2OCC2CCC2(F)F)c1. The average Bonchev–Trinajstić information content (AvgIpc) is 2.66. The summed E-state index contributed by atoms with van der Waals surface area (Å²) in [4.78, 5) is 16.0. The number of nitrogens with zero attached hydrogens (tertiary/aromatic N) is 1. The van der Waals surface area contributed by atoms with E-state index < -0.39 is 57.4 Å². The molecule has 1 unspecified atom stereocenters. The quantitative estimate of drug-likeness (QED) is 0.649. The summed E-state index contributed by atoms with van der Waals surface area (Å²) in [6.07, 6.45) is -3.56. The molecule has 1 aromatic heterocycles. The maximum Gasteiger partial charge on any atom is 0.417 e. The Morgan fingerprint density at radius 2 is 2.00 bits per heavy atom. The summed E-state index contributed by atoms with van der Waals surface area (Å²) in [5.74, 6) is -5.67. The van der Waals surface area contributed by atoms with Crippen molar-refractivity contribution in [3.63, 3.8) is 0 Å². The Hall–Kier alpha value is -2.76. The second kappa shape index (κ2) is 8.06. The Bertz CT molecular complexity index is 1100. The Kier molecular flexibility index (Phi) is 5.96. The first-order valence-electron chi connectivity index (χ1n) is 8.97. The second-order valence-corrected chi connectivity index (χ2v) is 9.15. The summed E-state index contributed by atoms with van der Waals surface area (Å²) in [6, 6.07) is 5.58. The lowest BCUT2D eigenvalue weighted by Crippen LogP contribution is -2.42. The fourth-order valence-electron chi connectivity index (χ4n) is 2.84. The van der Waals surface area contributed by atoms with Crippen molar-refractivity contribution in [1.82, 2.24) is 4.98 Å². The molecule has 168 valence electrons. The molecule has 6 nitrogen and oxygen atoms in total. The van der Waals surface area contributed by atoms with Gasteiger partial charge in [-0.15, -0.1) is 0 Å². The lowest BCUT2D eigenvalue weighted by Gasteiger charge is -2.35. The molecule has 1 aromatic carbocycles. The van der Waals surface area contributed by atoms with Gasteiger partial charge in [0.2, 0.25) is 5.88 Å². The summed E-state index contributed by atoms with van der Waals surface area (Å²) >= 11 is 0. The average molecular weight is 464 g/mol. The molecular weight excluding hydrogens is 447 g/mol. The fourth-order valence-corrected chi connectivity index (χ4v) is 3.51. The molecule has 1 heterocycles. The number of hydrogen-bond acceptors (Lipinski definition) is 5. The van der Waals surface area contributed by atoms with Crippen LogP contribution in [-0.4, -0.2) is 38.1 Å². The van der Waals surface area contributed by atoms with Crippen LogP contribution in [0.1, 0.15) is 28.8 Å². The fraction of sp³-hybridized carbons (Fsp3) is 0.368. The van der Waals surface area contributed by atoms with Crippen LogP contribution in [0.2, 0.25) is 0 Å². The number of anilines is 1. The number of halogens is 5. The molecule has 1 saturated carbocycles. The molecule has 31 heavy (non-hydrogen) atoms. The molecule has 0 aliphatic heterocycles. The van der Waals surface area contributed by atoms with E-state index in [2.05, 4.69) is 10.3 Å². The monoisotopic (exact) mass is 464 g/mol. The number of ether oxygens (including phenoxy) is 1. The van der Waals surface area contributed by atoms with Crippen LogP contribution < -0.4 is 10.1 Å². The van der Waals surface area contributed by atoms with E-state index in [0.29, 0.717) is 12.3 Å². The number of benzene rings is 1. The maximum absolute atomic E-state index is 13.4. The molecule has 0 spiro atoms. The van der Waals surface area contributed by atoms with Crippen molar-refractivity contribution in [3.8, 4) is 5.88 Å². The van der Waals surface area contributed by atoms with Gasteiger partial charge in [0.15, 0.2) is 9.84 Å². The highest BCUT2D eigenvalue weighted by atomic mass is 32.2. The predicted octanol–water partition coefficient (Wildman–Crippen LogP) is 4.18.